The van der Waals surface area contributed by atoms with Gasteiger partial charge in [0.1, 0.15) is 12.6 Å². The second-order valence-corrected chi connectivity index (χ2v) is 10.3. The summed E-state index contributed by atoms with van der Waals surface area (Å²) in [7, 11) is 0. The van der Waals surface area contributed by atoms with E-state index in [-0.39, 0.29) is 42.2 Å². The normalized spacial score (nSPS) is 20.1. The first kappa shape index (κ1) is 31.9. The molecule has 0 spiro atoms. The van der Waals surface area contributed by atoms with Gasteiger partial charge in [0.15, 0.2) is 29.7 Å². The standard InChI is InChI=1S/C26H26Cl2F3N3O7/c1-12-8-16(29)22(31)23(21(12)30)41-11-19(35)18(10-20(36)37)33-24(38)13-4-6-34(7-5-13)26(40)25(39)32-17-9-14(27)2-3-15(17)28/h2-3,8-9,13,16,18,22H,4-7,10-11H2,1H3,(H,32,39)(H,33,38)(H,36,37)/t16?,18-,22?/m0/s1. The van der Waals surface area contributed by atoms with Crippen molar-refractivity contribution in [2.24, 2.45) is 5.92 Å². The van der Waals surface area contributed by atoms with Crippen molar-refractivity contribution in [3.05, 3.63) is 51.5 Å². The zero-order chi connectivity index (χ0) is 30.4. The number of carboxylic acids is 1. The molecule has 1 heterocycles. The molecular weight excluding hydrogens is 594 g/mol. The van der Waals surface area contributed by atoms with Crippen LogP contribution in [0, 0.1) is 5.92 Å². The van der Waals surface area contributed by atoms with Crippen LogP contribution in [0.4, 0.5) is 18.9 Å². The Morgan fingerprint density at radius 3 is 2.44 bits per heavy atom. The number of hydrogen-bond acceptors (Lipinski definition) is 6. The number of anilines is 1. The summed E-state index contributed by atoms with van der Waals surface area (Å²) in [6.45, 7) is 0.195. The largest absolute Gasteiger partial charge is 0.484 e. The van der Waals surface area contributed by atoms with Gasteiger partial charge in [0.25, 0.3) is 0 Å². The molecule has 0 radical (unpaired) electrons. The third kappa shape index (κ3) is 8.23. The SMILES string of the molecule is CC1=CC(F)C(F)C(OCC(=O)[C@H](CC(=O)O)NC(=O)C2CCN(C(=O)C(=O)Nc3cc(Cl)ccc3Cl)CC2)=C1F. The maximum Gasteiger partial charge on any atom is 0.313 e. The number of halogens is 5. The van der Waals surface area contributed by atoms with Crippen LogP contribution in [0.1, 0.15) is 26.2 Å². The van der Waals surface area contributed by atoms with Crippen molar-refractivity contribution >= 4 is 58.4 Å². The number of ether oxygens (including phenoxy) is 1. The first-order valence-corrected chi connectivity index (χ1v) is 13.1. The molecule has 1 fully saturated rings. The maximum absolute atomic E-state index is 14.2. The first-order valence-electron chi connectivity index (χ1n) is 12.4. The second kappa shape index (κ2) is 13.9. The van der Waals surface area contributed by atoms with E-state index in [0.717, 1.165) is 6.08 Å². The van der Waals surface area contributed by atoms with Gasteiger partial charge in [-0.25, -0.2) is 13.2 Å². The van der Waals surface area contributed by atoms with Crippen LogP contribution in [0.3, 0.4) is 0 Å². The molecule has 2 unspecified atom stereocenters. The number of carbonyl (C=O) groups excluding carboxylic acids is 4. The number of allylic oxidation sites excluding steroid dienone is 4. The van der Waals surface area contributed by atoms with Crippen molar-refractivity contribution in [3.8, 4) is 0 Å². The van der Waals surface area contributed by atoms with Crippen LogP contribution in [0.5, 0.6) is 0 Å². The molecule has 0 aromatic heterocycles. The van der Waals surface area contributed by atoms with E-state index in [2.05, 4.69) is 10.6 Å². The third-order valence-electron chi connectivity index (χ3n) is 6.48. The van der Waals surface area contributed by atoms with E-state index >= 15 is 0 Å². The minimum atomic E-state index is -2.49. The van der Waals surface area contributed by atoms with E-state index in [0.29, 0.717) is 5.02 Å². The van der Waals surface area contributed by atoms with Crippen LogP contribution in [0.25, 0.3) is 0 Å². The van der Waals surface area contributed by atoms with Gasteiger partial charge in [-0.05, 0) is 49.6 Å². The fourth-order valence-corrected chi connectivity index (χ4v) is 4.55. The Kier molecular flexibility index (Phi) is 10.8. The molecule has 10 nitrogen and oxygen atoms in total. The van der Waals surface area contributed by atoms with Crippen molar-refractivity contribution in [1.29, 1.82) is 0 Å². The summed E-state index contributed by atoms with van der Waals surface area (Å²) >= 11 is 11.9. The number of Topliss-reactive ketones (excluding diaryl/α,β-unsaturated/α-hetero) is 1. The van der Waals surface area contributed by atoms with Crippen molar-refractivity contribution in [3.63, 3.8) is 0 Å². The highest BCUT2D eigenvalue weighted by Gasteiger charge is 2.36. The Balaban J connectivity index is 1.55. The number of amides is 3. The van der Waals surface area contributed by atoms with E-state index in [4.69, 9.17) is 27.9 Å². The number of aliphatic carboxylic acids is 1. The zero-order valence-corrected chi connectivity index (χ0v) is 23.1. The number of piperidine rings is 1. The van der Waals surface area contributed by atoms with Crippen LogP contribution < -0.4 is 10.6 Å². The number of carboxylic acid groups (broad SMARTS) is 1. The number of nitrogens with zero attached hydrogens (tertiary/aromatic N) is 1. The predicted octanol–water partition coefficient (Wildman–Crippen LogP) is 3.53. The zero-order valence-electron chi connectivity index (χ0n) is 21.6. The lowest BCUT2D eigenvalue weighted by Crippen LogP contribution is -2.50. The molecular formula is C26H26Cl2F3N3O7. The average Bonchev–Trinajstić information content (AvgIpc) is 2.92. The van der Waals surface area contributed by atoms with Crippen molar-refractivity contribution < 1.29 is 47.0 Å². The molecule has 3 N–H and O–H groups in total. The molecule has 3 atom stereocenters. The predicted molar refractivity (Wildman–Crippen MR) is 141 cm³/mol. The fourth-order valence-electron chi connectivity index (χ4n) is 4.22. The molecule has 1 aliphatic carbocycles. The summed E-state index contributed by atoms with van der Waals surface area (Å²) in [6.07, 6.45) is -4.61. The molecule has 0 bridgehead atoms. The summed E-state index contributed by atoms with van der Waals surface area (Å²) in [6, 6.07) is 2.73. The molecule has 1 aromatic rings. The first-order chi connectivity index (χ1) is 19.3. The third-order valence-corrected chi connectivity index (χ3v) is 7.04. The summed E-state index contributed by atoms with van der Waals surface area (Å²) in [5.74, 6) is -7.90. The van der Waals surface area contributed by atoms with Crippen LogP contribution in [-0.2, 0) is 28.7 Å². The highest BCUT2D eigenvalue weighted by molar-refractivity contribution is 6.42. The van der Waals surface area contributed by atoms with Gasteiger partial charge in [-0.3, -0.25) is 24.0 Å². The molecule has 1 aromatic carbocycles. The smallest absolute Gasteiger partial charge is 0.313 e. The summed E-state index contributed by atoms with van der Waals surface area (Å²) in [4.78, 5) is 63.0. The Morgan fingerprint density at radius 1 is 1.15 bits per heavy atom. The van der Waals surface area contributed by atoms with Crippen LogP contribution in [0.15, 0.2) is 41.4 Å². The minimum absolute atomic E-state index is 0.0108. The van der Waals surface area contributed by atoms with Crippen molar-refractivity contribution in [2.75, 3.05) is 25.0 Å². The van der Waals surface area contributed by atoms with Gasteiger partial charge in [-0.1, -0.05) is 23.2 Å². The Hall–Kier alpha value is -3.58. The number of carbonyl (C=O) groups is 5. The molecule has 3 amide bonds. The van der Waals surface area contributed by atoms with Crippen LogP contribution in [0.2, 0.25) is 10.0 Å². The van der Waals surface area contributed by atoms with Gasteiger partial charge in [-0.2, -0.15) is 0 Å². The number of ketones is 1. The highest BCUT2D eigenvalue weighted by Crippen LogP contribution is 2.31. The van der Waals surface area contributed by atoms with Gasteiger partial charge < -0.3 is 25.4 Å². The molecule has 1 saturated heterocycles. The molecule has 222 valence electrons. The van der Waals surface area contributed by atoms with E-state index in [1.807, 2.05) is 0 Å². The van der Waals surface area contributed by atoms with E-state index in [1.54, 1.807) is 0 Å². The quantitative estimate of drug-likeness (QED) is 0.359. The minimum Gasteiger partial charge on any atom is -0.484 e. The molecule has 3 rings (SSSR count). The number of alkyl halides is 2. The van der Waals surface area contributed by atoms with E-state index < -0.39 is 78.4 Å². The van der Waals surface area contributed by atoms with Gasteiger partial charge in [0.2, 0.25) is 5.91 Å². The maximum atomic E-state index is 14.2. The average molecular weight is 620 g/mol. The van der Waals surface area contributed by atoms with Gasteiger partial charge >= 0.3 is 17.8 Å². The molecule has 0 saturated carbocycles. The number of likely N-dealkylation sites (tertiary alicyclic amines) is 1. The number of benzene rings is 1. The van der Waals surface area contributed by atoms with E-state index in [9.17, 15) is 42.3 Å². The van der Waals surface area contributed by atoms with Gasteiger partial charge in [0, 0.05) is 24.0 Å². The lowest BCUT2D eigenvalue weighted by atomic mass is 9.95. The topological polar surface area (TPSA) is 142 Å². The number of rotatable bonds is 9. The second-order valence-electron chi connectivity index (χ2n) is 9.43. The molecule has 41 heavy (non-hydrogen) atoms. The molecule has 2 aliphatic rings. The lowest BCUT2D eigenvalue weighted by Gasteiger charge is -2.31. The summed E-state index contributed by atoms with van der Waals surface area (Å²) in [5.41, 5.74) is -0.0784. The summed E-state index contributed by atoms with van der Waals surface area (Å²) < 4.78 is 46.9. The molecule has 15 heteroatoms. The lowest BCUT2D eigenvalue weighted by molar-refractivity contribution is -0.145. The highest BCUT2D eigenvalue weighted by atomic mass is 35.5. The summed E-state index contributed by atoms with van der Waals surface area (Å²) in [5, 5.41) is 14.3. The van der Waals surface area contributed by atoms with Crippen LogP contribution >= 0.6 is 23.2 Å². The number of nitrogens with one attached hydrogen (secondary N) is 2. The van der Waals surface area contributed by atoms with Crippen LogP contribution in [-0.4, -0.2) is 77.6 Å². The monoisotopic (exact) mass is 619 g/mol. The van der Waals surface area contributed by atoms with E-state index in [1.165, 1.54) is 30.0 Å². The Morgan fingerprint density at radius 2 is 1.80 bits per heavy atom. The van der Waals surface area contributed by atoms with Gasteiger partial charge in [0.05, 0.1) is 17.1 Å². The number of hydrogen-bond donors (Lipinski definition) is 3. The molecule has 1 aliphatic heterocycles. The van der Waals surface area contributed by atoms with Gasteiger partial charge in [-0.15, -0.1) is 0 Å². The fraction of sp³-hybridized carbons (Fsp3) is 0.423. The van der Waals surface area contributed by atoms with Crippen molar-refractivity contribution in [2.45, 2.75) is 44.6 Å². The Labute approximate surface area is 242 Å². The Bertz CT molecular complexity index is 1300. The van der Waals surface area contributed by atoms with Crippen molar-refractivity contribution in [1.82, 2.24) is 10.2 Å².